The van der Waals surface area contributed by atoms with Crippen molar-refractivity contribution in [3.63, 3.8) is 0 Å². The molecule has 0 spiro atoms. The summed E-state index contributed by atoms with van der Waals surface area (Å²) in [4.78, 5) is 36.6. The van der Waals surface area contributed by atoms with Crippen molar-refractivity contribution in [3.05, 3.63) is 60.2 Å². The molecule has 0 saturated carbocycles. The summed E-state index contributed by atoms with van der Waals surface area (Å²) < 4.78 is 31.3. The molecule has 1 N–H and O–H groups in total. The summed E-state index contributed by atoms with van der Waals surface area (Å²) in [5.41, 5.74) is 0.702. The van der Waals surface area contributed by atoms with Crippen LogP contribution in [0.1, 0.15) is 30.1 Å². The minimum Gasteiger partial charge on any atom is -0.462 e. The van der Waals surface area contributed by atoms with Crippen LogP contribution in [0.3, 0.4) is 0 Å². The Labute approximate surface area is 168 Å². The number of nitrogens with zero attached hydrogens (tertiary/aromatic N) is 1. The summed E-state index contributed by atoms with van der Waals surface area (Å²) in [5, 5.41) is 2.61. The first kappa shape index (κ1) is 20.5. The molecule has 2 amide bonds. The van der Waals surface area contributed by atoms with E-state index in [1.165, 1.54) is 36.4 Å². The molecular formula is C20H20N2O6S. The van der Waals surface area contributed by atoms with Crippen LogP contribution in [0.25, 0.3) is 0 Å². The van der Waals surface area contributed by atoms with E-state index in [0.717, 1.165) is 0 Å². The third kappa shape index (κ3) is 4.29. The van der Waals surface area contributed by atoms with Gasteiger partial charge in [0.05, 0.1) is 17.1 Å². The molecule has 29 heavy (non-hydrogen) atoms. The molecule has 9 heteroatoms. The Bertz CT molecular complexity index is 1020. The van der Waals surface area contributed by atoms with Gasteiger partial charge in [-0.1, -0.05) is 18.2 Å². The van der Waals surface area contributed by atoms with Crippen molar-refractivity contribution < 1.29 is 27.5 Å². The highest BCUT2D eigenvalue weighted by atomic mass is 32.2. The van der Waals surface area contributed by atoms with E-state index in [9.17, 15) is 22.8 Å². The van der Waals surface area contributed by atoms with Crippen LogP contribution in [0.4, 0.5) is 5.69 Å². The Kier molecular flexibility index (Phi) is 5.97. The van der Waals surface area contributed by atoms with E-state index in [-0.39, 0.29) is 24.3 Å². The summed E-state index contributed by atoms with van der Waals surface area (Å²) in [6.45, 7) is 1.95. The molecule has 1 heterocycles. The number of carbonyl (C=O) groups is 3. The van der Waals surface area contributed by atoms with Crippen LogP contribution < -0.4 is 5.32 Å². The highest BCUT2D eigenvalue weighted by molar-refractivity contribution is 7.89. The molecule has 8 nitrogen and oxygen atoms in total. The van der Waals surface area contributed by atoms with Gasteiger partial charge in [0, 0.05) is 12.1 Å². The van der Waals surface area contributed by atoms with E-state index in [1.54, 1.807) is 25.1 Å². The monoisotopic (exact) mass is 416 g/mol. The maximum Gasteiger partial charge on any atom is 0.338 e. The number of hydrogen-bond donors (Lipinski definition) is 1. The lowest BCUT2D eigenvalue weighted by atomic mass is 10.2. The molecule has 0 unspecified atom stereocenters. The second kappa shape index (κ2) is 8.44. The molecule has 1 saturated heterocycles. The molecule has 1 aliphatic rings. The Balaban J connectivity index is 1.78. The normalized spacial score (nSPS) is 16.5. The van der Waals surface area contributed by atoms with Crippen LogP contribution in [0.2, 0.25) is 0 Å². The molecule has 0 aromatic heterocycles. The first-order chi connectivity index (χ1) is 13.8. The van der Waals surface area contributed by atoms with E-state index in [4.69, 9.17) is 4.74 Å². The number of carbonyl (C=O) groups excluding carboxylic acids is 3. The smallest absolute Gasteiger partial charge is 0.338 e. The Hall–Kier alpha value is -3.20. The number of amides is 2. The van der Waals surface area contributed by atoms with Gasteiger partial charge in [0.15, 0.2) is 0 Å². The maximum atomic E-state index is 12.9. The lowest BCUT2D eigenvalue weighted by Gasteiger charge is -2.23. The van der Waals surface area contributed by atoms with E-state index in [0.29, 0.717) is 15.6 Å². The van der Waals surface area contributed by atoms with Crippen LogP contribution in [0.15, 0.2) is 59.5 Å². The predicted molar refractivity (Wildman–Crippen MR) is 105 cm³/mol. The van der Waals surface area contributed by atoms with Crippen LogP contribution in [-0.4, -0.2) is 43.2 Å². The molecule has 2 aromatic carbocycles. The number of benzene rings is 2. The van der Waals surface area contributed by atoms with Crippen molar-refractivity contribution in [2.75, 3.05) is 11.9 Å². The van der Waals surface area contributed by atoms with Crippen molar-refractivity contribution >= 4 is 33.5 Å². The minimum atomic E-state index is -4.14. The number of anilines is 1. The zero-order chi connectivity index (χ0) is 21.0. The molecular weight excluding hydrogens is 396 g/mol. The van der Waals surface area contributed by atoms with Gasteiger partial charge >= 0.3 is 5.97 Å². The van der Waals surface area contributed by atoms with Crippen molar-refractivity contribution in [1.82, 2.24) is 4.31 Å². The Morgan fingerprint density at radius 3 is 2.38 bits per heavy atom. The van der Waals surface area contributed by atoms with Gasteiger partial charge in [0.25, 0.3) is 10.0 Å². The molecule has 152 valence electrons. The second-order valence-electron chi connectivity index (χ2n) is 6.35. The quantitative estimate of drug-likeness (QED) is 0.723. The lowest BCUT2D eigenvalue weighted by Crippen LogP contribution is -2.45. The first-order valence-electron chi connectivity index (χ1n) is 9.05. The molecule has 3 rings (SSSR count). The van der Waals surface area contributed by atoms with Crippen molar-refractivity contribution in [3.8, 4) is 0 Å². The number of ether oxygens (including phenoxy) is 1. The largest absolute Gasteiger partial charge is 0.462 e. The topological polar surface area (TPSA) is 110 Å². The van der Waals surface area contributed by atoms with E-state index in [2.05, 4.69) is 5.32 Å². The molecule has 0 radical (unpaired) electrons. The fraction of sp³-hybridized carbons (Fsp3) is 0.250. The van der Waals surface area contributed by atoms with Gasteiger partial charge in [-0.05, 0) is 49.7 Å². The summed E-state index contributed by atoms with van der Waals surface area (Å²) in [5.74, 6) is -1.71. The lowest BCUT2D eigenvalue weighted by molar-refractivity contribution is -0.128. The van der Waals surface area contributed by atoms with Gasteiger partial charge in [-0.3, -0.25) is 9.59 Å². The standard InChI is InChI=1S/C20H20N2O6S/c1-2-28-20(25)14-8-10-15(11-9-14)21-19(24)17-12-13-18(23)22(17)29(26,27)16-6-4-3-5-7-16/h3-11,17H,2,12-13H2,1H3,(H,21,24)/t17-/m1/s1. The van der Waals surface area contributed by atoms with E-state index < -0.39 is 33.8 Å². The number of esters is 1. The molecule has 2 aromatic rings. The Morgan fingerprint density at radius 2 is 1.76 bits per heavy atom. The summed E-state index contributed by atoms with van der Waals surface area (Å²) in [6, 6.07) is 12.4. The fourth-order valence-corrected chi connectivity index (χ4v) is 4.66. The molecule has 0 bridgehead atoms. The van der Waals surface area contributed by atoms with Crippen molar-refractivity contribution in [2.45, 2.75) is 30.7 Å². The summed E-state index contributed by atoms with van der Waals surface area (Å²) in [7, 11) is -4.14. The van der Waals surface area contributed by atoms with Crippen molar-refractivity contribution in [1.29, 1.82) is 0 Å². The molecule has 1 aliphatic heterocycles. The van der Waals surface area contributed by atoms with Crippen LogP contribution in [0.5, 0.6) is 0 Å². The first-order valence-corrected chi connectivity index (χ1v) is 10.5. The average Bonchev–Trinajstić information content (AvgIpc) is 3.12. The predicted octanol–water partition coefficient (Wildman–Crippen LogP) is 2.18. The SMILES string of the molecule is CCOC(=O)c1ccc(NC(=O)[C@H]2CCC(=O)N2S(=O)(=O)c2ccccc2)cc1. The van der Waals surface area contributed by atoms with Crippen LogP contribution in [0, 0.1) is 0 Å². The third-order valence-corrected chi connectivity index (χ3v) is 6.27. The summed E-state index contributed by atoms with van der Waals surface area (Å²) >= 11 is 0. The number of sulfonamides is 1. The highest BCUT2D eigenvalue weighted by Gasteiger charge is 2.44. The molecule has 1 atom stereocenters. The van der Waals surface area contributed by atoms with Crippen molar-refractivity contribution in [2.24, 2.45) is 0 Å². The van der Waals surface area contributed by atoms with Gasteiger partial charge in [-0.25, -0.2) is 17.5 Å². The highest BCUT2D eigenvalue weighted by Crippen LogP contribution is 2.28. The van der Waals surface area contributed by atoms with Crippen LogP contribution >= 0.6 is 0 Å². The van der Waals surface area contributed by atoms with E-state index in [1.807, 2.05) is 0 Å². The summed E-state index contributed by atoms with van der Waals surface area (Å²) in [6.07, 6.45) is 0.0591. The van der Waals surface area contributed by atoms with Gasteiger partial charge in [-0.15, -0.1) is 0 Å². The van der Waals surface area contributed by atoms with E-state index >= 15 is 0 Å². The van der Waals surface area contributed by atoms with Crippen LogP contribution in [-0.2, 0) is 24.3 Å². The second-order valence-corrected chi connectivity index (χ2v) is 8.16. The zero-order valence-corrected chi connectivity index (χ0v) is 16.5. The Morgan fingerprint density at radius 1 is 1.10 bits per heavy atom. The fourth-order valence-electron chi connectivity index (χ4n) is 3.04. The van der Waals surface area contributed by atoms with Gasteiger partial charge in [0.1, 0.15) is 6.04 Å². The molecule has 0 aliphatic carbocycles. The number of nitrogens with one attached hydrogen (secondary N) is 1. The number of rotatable bonds is 6. The van der Waals surface area contributed by atoms with Gasteiger partial charge in [0.2, 0.25) is 11.8 Å². The van der Waals surface area contributed by atoms with Gasteiger partial charge in [-0.2, -0.15) is 0 Å². The van der Waals surface area contributed by atoms with Gasteiger partial charge < -0.3 is 10.1 Å². The zero-order valence-electron chi connectivity index (χ0n) is 15.7. The number of hydrogen-bond acceptors (Lipinski definition) is 6. The minimum absolute atomic E-state index is 0.0358. The molecule has 1 fully saturated rings. The maximum absolute atomic E-state index is 12.9. The average molecular weight is 416 g/mol. The third-order valence-electron chi connectivity index (χ3n) is 4.43.